The highest BCUT2D eigenvalue weighted by Crippen LogP contribution is 2.13. The Bertz CT molecular complexity index is 129. The molecular weight excluding hydrogens is 188 g/mol. The number of nitrogens with one attached hydrogen (secondary N) is 1. The molecule has 1 rings (SSSR count). The Labute approximate surface area is 85.5 Å². The lowest BCUT2D eigenvalue weighted by atomic mass is 10.1. The van der Waals surface area contributed by atoms with E-state index in [9.17, 15) is 0 Å². The lowest BCUT2D eigenvalue weighted by molar-refractivity contribution is 0.122. The van der Waals surface area contributed by atoms with Crippen molar-refractivity contribution in [2.24, 2.45) is 0 Å². The second-order valence-corrected chi connectivity index (χ2v) is 3.74. The van der Waals surface area contributed by atoms with Gasteiger partial charge in [0.15, 0.2) is 0 Å². The summed E-state index contributed by atoms with van der Waals surface area (Å²) >= 11 is 6.12. The van der Waals surface area contributed by atoms with Crippen molar-refractivity contribution in [3.63, 3.8) is 0 Å². The highest BCUT2D eigenvalue weighted by atomic mass is 35.5. The molecule has 0 radical (unpaired) electrons. The van der Waals surface area contributed by atoms with Gasteiger partial charge in [0.05, 0.1) is 6.61 Å². The number of rotatable bonds is 5. The van der Waals surface area contributed by atoms with Crippen molar-refractivity contribution >= 4 is 11.8 Å². The minimum Gasteiger partial charge on any atom is -0.380 e. The molecule has 1 aliphatic heterocycles. The van der Waals surface area contributed by atoms with Gasteiger partial charge in [0.1, 0.15) is 0 Å². The van der Waals surface area contributed by atoms with Crippen LogP contribution in [0.25, 0.3) is 0 Å². The molecule has 0 aromatic heterocycles. The minimum atomic E-state index is 0.531. The Morgan fingerprint density at radius 2 is 2.15 bits per heavy atom. The largest absolute Gasteiger partial charge is 0.380 e. The van der Waals surface area contributed by atoms with E-state index in [1.54, 1.807) is 0 Å². The van der Waals surface area contributed by atoms with E-state index in [-0.39, 0.29) is 0 Å². The third kappa shape index (κ3) is 4.27. The third-order valence-corrected chi connectivity index (χ3v) is 2.80. The zero-order chi connectivity index (χ0) is 9.52. The Balaban J connectivity index is 2.09. The van der Waals surface area contributed by atoms with Crippen LogP contribution in [0.5, 0.6) is 0 Å². The van der Waals surface area contributed by atoms with Crippen molar-refractivity contribution in [2.75, 3.05) is 32.8 Å². The lowest BCUT2D eigenvalue weighted by Gasteiger charge is -2.29. The van der Waals surface area contributed by atoms with Gasteiger partial charge in [-0.1, -0.05) is 0 Å². The molecule has 78 valence electrons. The highest BCUT2D eigenvalue weighted by molar-refractivity contribution is 6.13. The van der Waals surface area contributed by atoms with Crippen molar-refractivity contribution in [3.8, 4) is 0 Å². The third-order valence-electron chi connectivity index (χ3n) is 2.36. The molecule has 0 aliphatic carbocycles. The predicted octanol–water partition coefficient (Wildman–Crippen LogP) is 1.23. The van der Waals surface area contributed by atoms with Crippen LogP contribution in [0.1, 0.15) is 19.8 Å². The quantitative estimate of drug-likeness (QED) is 0.541. The van der Waals surface area contributed by atoms with E-state index in [2.05, 4.69) is 5.32 Å². The summed E-state index contributed by atoms with van der Waals surface area (Å²) in [5.41, 5.74) is 0. The molecular formula is C9H19ClN2O. The summed E-state index contributed by atoms with van der Waals surface area (Å²) in [7, 11) is 0. The first-order valence-corrected chi connectivity index (χ1v) is 5.39. The average molecular weight is 207 g/mol. The van der Waals surface area contributed by atoms with Crippen molar-refractivity contribution in [1.29, 1.82) is 0 Å². The summed E-state index contributed by atoms with van der Waals surface area (Å²) in [6.45, 7) is 6.52. The first-order valence-electron chi connectivity index (χ1n) is 5.05. The van der Waals surface area contributed by atoms with Crippen LogP contribution < -0.4 is 5.32 Å². The molecule has 0 unspecified atom stereocenters. The van der Waals surface area contributed by atoms with Gasteiger partial charge in [-0.25, -0.2) is 4.42 Å². The fraction of sp³-hybridized carbons (Fsp3) is 1.00. The highest BCUT2D eigenvalue weighted by Gasteiger charge is 2.18. The average Bonchev–Trinajstić information content (AvgIpc) is 2.19. The van der Waals surface area contributed by atoms with Crippen LogP contribution in [0.4, 0.5) is 0 Å². The van der Waals surface area contributed by atoms with Gasteiger partial charge in [-0.3, -0.25) is 0 Å². The van der Waals surface area contributed by atoms with Gasteiger partial charge in [-0.15, -0.1) is 0 Å². The van der Waals surface area contributed by atoms with Gasteiger partial charge in [0.2, 0.25) is 0 Å². The molecule has 3 nitrogen and oxygen atoms in total. The monoisotopic (exact) mass is 206 g/mol. The van der Waals surface area contributed by atoms with Crippen molar-refractivity contribution in [2.45, 2.75) is 25.8 Å². The topological polar surface area (TPSA) is 24.5 Å². The van der Waals surface area contributed by atoms with E-state index >= 15 is 0 Å². The minimum absolute atomic E-state index is 0.531. The Morgan fingerprint density at radius 1 is 1.46 bits per heavy atom. The van der Waals surface area contributed by atoms with Crippen LogP contribution >= 0.6 is 11.8 Å². The maximum absolute atomic E-state index is 6.12. The zero-order valence-corrected chi connectivity index (χ0v) is 9.02. The number of halogens is 1. The molecule has 0 spiro atoms. The van der Waals surface area contributed by atoms with E-state index in [1.807, 2.05) is 11.3 Å². The molecule has 1 heterocycles. The first-order chi connectivity index (χ1) is 6.34. The van der Waals surface area contributed by atoms with Crippen LogP contribution in [0.3, 0.4) is 0 Å². The molecule has 1 aliphatic rings. The molecule has 0 aromatic carbocycles. The Morgan fingerprint density at radius 3 is 2.77 bits per heavy atom. The summed E-state index contributed by atoms with van der Waals surface area (Å²) in [4.78, 5) is 0. The second-order valence-electron chi connectivity index (χ2n) is 3.30. The van der Waals surface area contributed by atoms with Gasteiger partial charge in [0, 0.05) is 19.2 Å². The maximum Gasteiger partial charge on any atom is 0.0606 e. The fourth-order valence-electron chi connectivity index (χ4n) is 1.57. The number of ether oxygens (including phenoxy) is 1. The van der Waals surface area contributed by atoms with Crippen LogP contribution in [-0.2, 0) is 4.74 Å². The maximum atomic E-state index is 6.12. The second kappa shape index (κ2) is 6.60. The van der Waals surface area contributed by atoms with Gasteiger partial charge in [0.25, 0.3) is 0 Å². The normalized spacial score (nSPS) is 19.6. The Kier molecular flexibility index (Phi) is 5.71. The van der Waals surface area contributed by atoms with Crippen LogP contribution in [-0.4, -0.2) is 43.3 Å². The SMILES string of the molecule is CCOCCN(Cl)C1CCNCC1. The molecule has 4 heteroatoms. The van der Waals surface area contributed by atoms with Crippen molar-refractivity contribution in [3.05, 3.63) is 0 Å². The summed E-state index contributed by atoms with van der Waals surface area (Å²) < 4.78 is 7.15. The summed E-state index contributed by atoms with van der Waals surface area (Å²) in [6, 6.07) is 0.531. The van der Waals surface area contributed by atoms with Crippen LogP contribution in [0.2, 0.25) is 0 Å². The van der Waals surface area contributed by atoms with Gasteiger partial charge < -0.3 is 10.1 Å². The number of hydrogen-bond acceptors (Lipinski definition) is 3. The summed E-state index contributed by atoms with van der Waals surface area (Å²) in [5, 5.41) is 3.32. The van der Waals surface area contributed by atoms with Gasteiger partial charge >= 0.3 is 0 Å². The molecule has 1 fully saturated rings. The van der Waals surface area contributed by atoms with Crippen LogP contribution in [0, 0.1) is 0 Å². The van der Waals surface area contributed by atoms with E-state index in [0.717, 1.165) is 45.7 Å². The molecule has 13 heavy (non-hydrogen) atoms. The van der Waals surface area contributed by atoms with Gasteiger partial charge in [-0.05, 0) is 44.6 Å². The zero-order valence-electron chi connectivity index (χ0n) is 8.26. The lowest BCUT2D eigenvalue weighted by Crippen LogP contribution is -2.39. The van der Waals surface area contributed by atoms with E-state index in [0.29, 0.717) is 6.04 Å². The molecule has 1 N–H and O–H groups in total. The van der Waals surface area contributed by atoms with Gasteiger partial charge in [-0.2, -0.15) is 0 Å². The number of hydrogen-bond donors (Lipinski definition) is 1. The molecule has 0 saturated carbocycles. The smallest absolute Gasteiger partial charge is 0.0606 e. The van der Waals surface area contributed by atoms with Crippen LogP contribution in [0.15, 0.2) is 0 Å². The predicted molar refractivity (Wildman–Crippen MR) is 54.9 cm³/mol. The number of piperidine rings is 1. The summed E-state index contributed by atoms with van der Waals surface area (Å²) in [5.74, 6) is 0. The molecule has 0 aromatic rings. The van der Waals surface area contributed by atoms with E-state index in [1.165, 1.54) is 0 Å². The fourth-order valence-corrected chi connectivity index (χ4v) is 1.83. The Hall–Kier alpha value is 0.170. The van der Waals surface area contributed by atoms with E-state index < -0.39 is 0 Å². The summed E-state index contributed by atoms with van der Waals surface area (Å²) in [6.07, 6.45) is 2.30. The molecule has 0 atom stereocenters. The van der Waals surface area contributed by atoms with Crippen molar-refractivity contribution in [1.82, 2.24) is 9.74 Å². The molecule has 1 saturated heterocycles. The van der Waals surface area contributed by atoms with E-state index in [4.69, 9.17) is 16.5 Å². The number of nitrogens with zero attached hydrogens (tertiary/aromatic N) is 1. The standard InChI is InChI=1S/C9H19ClN2O/c1-2-13-8-7-12(10)9-3-5-11-6-4-9/h9,11H,2-8H2,1H3. The first kappa shape index (κ1) is 11.2. The van der Waals surface area contributed by atoms with Crippen molar-refractivity contribution < 1.29 is 4.74 Å². The molecule has 0 bridgehead atoms. The molecule has 0 amide bonds.